The average molecular weight is 189 g/mol. The molecule has 3 heteroatoms. The molecule has 1 amide bonds. The number of amides is 1. The Hall–Kier alpha value is -0.600. The number of rotatable bonds is 4. The van der Waals surface area contributed by atoms with Crippen LogP contribution in [0.15, 0.2) is 0 Å². The summed E-state index contributed by atoms with van der Waals surface area (Å²) >= 11 is 0. The van der Waals surface area contributed by atoms with Gasteiger partial charge in [-0.2, -0.15) is 0 Å². The minimum Gasteiger partial charge on any atom is -0.351 e. The van der Waals surface area contributed by atoms with Gasteiger partial charge >= 0.3 is 0 Å². The molecule has 1 unspecified atom stereocenters. The van der Waals surface area contributed by atoms with Gasteiger partial charge in [-0.1, -0.05) is 20.8 Å². The summed E-state index contributed by atoms with van der Waals surface area (Å²) in [6.45, 7) is 8.80. The summed E-state index contributed by atoms with van der Waals surface area (Å²) in [5.41, 5.74) is -1.72. The highest BCUT2D eigenvalue weighted by atomic mass is 19.1. The number of halogens is 1. The second kappa shape index (κ2) is 4.58. The smallest absolute Gasteiger partial charge is 0.258 e. The third kappa shape index (κ3) is 2.98. The molecule has 1 atom stereocenters. The van der Waals surface area contributed by atoms with Crippen molar-refractivity contribution >= 4 is 5.91 Å². The summed E-state index contributed by atoms with van der Waals surface area (Å²) in [5.74, 6) is -0.767. The third-order valence-corrected chi connectivity index (χ3v) is 2.23. The van der Waals surface area contributed by atoms with E-state index in [0.717, 1.165) is 0 Å². The molecule has 0 aliphatic carbocycles. The number of nitrogens with one attached hydrogen (secondary N) is 1. The highest BCUT2D eigenvalue weighted by Crippen LogP contribution is 2.26. The fourth-order valence-electron chi connectivity index (χ4n) is 1.21. The molecule has 0 bridgehead atoms. The maximum Gasteiger partial charge on any atom is 0.258 e. The Morgan fingerprint density at radius 1 is 1.38 bits per heavy atom. The zero-order chi connectivity index (χ0) is 10.6. The van der Waals surface area contributed by atoms with Crippen LogP contribution in [-0.4, -0.2) is 17.6 Å². The van der Waals surface area contributed by atoms with E-state index in [1.807, 2.05) is 13.8 Å². The SMILES string of the molecule is CCC(F)(C(=O)NC(C)C)C(C)C. The maximum atomic E-state index is 14.0. The molecule has 0 aliphatic heterocycles. The van der Waals surface area contributed by atoms with Crippen molar-refractivity contribution in [3.8, 4) is 0 Å². The highest BCUT2D eigenvalue weighted by Gasteiger charge is 2.39. The van der Waals surface area contributed by atoms with Crippen molar-refractivity contribution in [3.05, 3.63) is 0 Å². The fourth-order valence-corrected chi connectivity index (χ4v) is 1.21. The number of carbonyl (C=O) groups excluding carboxylic acids is 1. The molecule has 0 saturated heterocycles. The fraction of sp³-hybridized carbons (Fsp3) is 0.900. The van der Waals surface area contributed by atoms with E-state index in [1.165, 1.54) is 0 Å². The second-order valence-electron chi connectivity index (χ2n) is 4.00. The Bertz CT molecular complexity index is 180. The normalized spacial score (nSPS) is 16.0. The van der Waals surface area contributed by atoms with Crippen molar-refractivity contribution in [2.75, 3.05) is 0 Å². The van der Waals surface area contributed by atoms with Gasteiger partial charge in [0, 0.05) is 6.04 Å². The van der Waals surface area contributed by atoms with E-state index in [4.69, 9.17) is 0 Å². The first-order valence-corrected chi connectivity index (χ1v) is 4.84. The van der Waals surface area contributed by atoms with Gasteiger partial charge < -0.3 is 5.32 Å². The predicted octanol–water partition coefficient (Wildman–Crippen LogP) is 2.29. The minimum atomic E-state index is -1.72. The quantitative estimate of drug-likeness (QED) is 0.722. The summed E-state index contributed by atoms with van der Waals surface area (Å²) in [7, 11) is 0. The standard InChI is InChI=1S/C10H20FNO/c1-6-10(11,7(2)3)9(13)12-8(4)5/h7-8H,6H2,1-5H3,(H,12,13). The van der Waals surface area contributed by atoms with Crippen LogP contribution < -0.4 is 5.32 Å². The molecule has 0 radical (unpaired) electrons. The zero-order valence-corrected chi connectivity index (χ0v) is 9.15. The lowest BCUT2D eigenvalue weighted by Crippen LogP contribution is -2.48. The summed E-state index contributed by atoms with van der Waals surface area (Å²) in [5, 5.41) is 2.60. The summed E-state index contributed by atoms with van der Waals surface area (Å²) in [6.07, 6.45) is 0.225. The molecule has 78 valence electrons. The summed E-state index contributed by atoms with van der Waals surface area (Å²) in [6, 6.07) is -0.00655. The Morgan fingerprint density at radius 2 is 1.85 bits per heavy atom. The number of alkyl halides is 1. The molecule has 0 aromatic rings. The van der Waals surface area contributed by atoms with Crippen LogP contribution in [0.4, 0.5) is 4.39 Å². The van der Waals surface area contributed by atoms with Crippen molar-refractivity contribution in [2.24, 2.45) is 5.92 Å². The number of carbonyl (C=O) groups is 1. The molecule has 0 aliphatic rings. The van der Waals surface area contributed by atoms with Gasteiger partial charge in [0.2, 0.25) is 0 Å². The van der Waals surface area contributed by atoms with Gasteiger partial charge in [-0.25, -0.2) is 4.39 Å². The first-order valence-electron chi connectivity index (χ1n) is 4.84. The maximum absolute atomic E-state index is 14.0. The first-order chi connectivity index (χ1) is 5.84. The molecule has 0 saturated carbocycles. The van der Waals surface area contributed by atoms with Gasteiger partial charge in [-0.3, -0.25) is 4.79 Å². The molecule has 1 N–H and O–H groups in total. The second-order valence-corrected chi connectivity index (χ2v) is 4.00. The van der Waals surface area contributed by atoms with Crippen molar-refractivity contribution in [2.45, 2.75) is 52.8 Å². The van der Waals surface area contributed by atoms with Crippen molar-refractivity contribution in [1.82, 2.24) is 5.32 Å². The van der Waals surface area contributed by atoms with Gasteiger partial charge in [-0.15, -0.1) is 0 Å². The van der Waals surface area contributed by atoms with E-state index in [9.17, 15) is 9.18 Å². The summed E-state index contributed by atoms with van der Waals surface area (Å²) in [4.78, 5) is 11.5. The Kier molecular flexibility index (Phi) is 4.37. The van der Waals surface area contributed by atoms with E-state index in [1.54, 1.807) is 20.8 Å². The van der Waals surface area contributed by atoms with Crippen molar-refractivity contribution < 1.29 is 9.18 Å². The van der Waals surface area contributed by atoms with Crippen LogP contribution in [-0.2, 0) is 4.79 Å². The first kappa shape index (κ1) is 12.4. The molecule has 0 spiro atoms. The topological polar surface area (TPSA) is 29.1 Å². The molecule has 0 aromatic heterocycles. The van der Waals surface area contributed by atoms with Crippen LogP contribution in [0, 0.1) is 5.92 Å². The molecular weight excluding hydrogens is 169 g/mol. The molecule has 0 heterocycles. The van der Waals surface area contributed by atoms with Crippen LogP contribution in [0.3, 0.4) is 0 Å². The van der Waals surface area contributed by atoms with E-state index in [-0.39, 0.29) is 18.4 Å². The lowest BCUT2D eigenvalue weighted by molar-refractivity contribution is -0.136. The van der Waals surface area contributed by atoms with Crippen LogP contribution in [0.1, 0.15) is 41.0 Å². The summed E-state index contributed by atoms with van der Waals surface area (Å²) < 4.78 is 14.0. The molecule has 0 aromatic carbocycles. The van der Waals surface area contributed by atoms with Gasteiger partial charge in [0.25, 0.3) is 5.91 Å². The van der Waals surface area contributed by atoms with Crippen LogP contribution >= 0.6 is 0 Å². The zero-order valence-electron chi connectivity index (χ0n) is 9.15. The largest absolute Gasteiger partial charge is 0.351 e. The monoisotopic (exact) mass is 189 g/mol. The minimum absolute atomic E-state index is 0.00655. The van der Waals surface area contributed by atoms with Crippen molar-refractivity contribution in [3.63, 3.8) is 0 Å². The molecule has 0 rings (SSSR count). The third-order valence-electron chi connectivity index (χ3n) is 2.23. The Balaban J connectivity index is 4.48. The highest BCUT2D eigenvalue weighted by molar-refractivity contribution is 5.85. The van der Waals surface area contributed by atoms with Crippen LogP contribution in [0.25, 0.3) is 0 Å². The van der Waals surface area contributed by atoms with E-state index in [0.29, 0.717) is 0 Å². The Labute approximate surface area is 79.9 Å². The average Bonchev–Trinajstić information content (AvgIpc) is 2.01. The number of hydrogen-bond donors (Lipinski definition) is 1. The van der Waals surface area contributed by atoms with E-state index >= 15 is 0 Å². The lowest BCUT2D eigenvalue weighted by atomic mass is 9.88. The van der Waals surface area contributed by atoms with Gasteiger partial charge in [-0.05, 0) is 26.2 Å². The van der Waals surface area contributed by atoms with Gasteiger partial charge in [0.05, 0.1) is 0 Å². The van der Waals surface area contributed by atoms with Crippen LogP contribution in [0.5, 0.6) is 0 Å². The molecular formula is C10H20FNO. The van der Waals surface area contributed by atoms with E-state index < -0.39 is 11.6 Å². The molecule has 13 heavy (non-hydrogen) atoms. The van der Waals surface area contributed by atoms with Crippen molar-refractivity contribution in [1.29, 1.82) is 0 Å². The molecule has 2 nitrogen and oxygen atoms in total. The van der Waals surface area contributed by atoms with E-state index in [2.05, 4.69) is 5.32 Å². The van der Waals surface area contributed by atoms with Gasteiger partial charge in [0.1, 0.15) is 0 Å². The molecule has 0 fully saturated rings. The van der Waals surface area contributed by atoms with Gasteiger partial charge in [0.15, 0.2) is 5.67 Å². The Morgan fingerprint density at radius 3 is 2.08 bits per heavy atom. The number of hydrogen-bond acceptors (Lipinski definition) is 1. The van der Waals surface area contributed by atoms with Crippen LogP contribution in [0.2, 0.25) is 0 Å². The lowest BCUT2D eigenvalue weighted by Gasteiger charge is -2.27. The predicted molar refractivity (Wildman–Crippen MR) is 52.2 cm³/mol.